The summed E-state index contributed by atoms with van der Waals surface area (Å²) in [5.74, 6) is 3.74. The third-order valence-electron chi connectivity index (χ3n) is 5.68. The Kier molecular flexibility index (Phi) is 19.5. The Morgan fingerprint density at radius 1 is 1.19 bits per heavy atom. The first-order valence-corrected chi connectivity index (χ1v) is 14.3. The number of nitrogens with zero attached hydrogens (tertiary/aromatic N) is 1. The Labute approximate surface area is 225 Å². The minimum Gasteiger partial charge on any atom is -0.493 e. The van der Waals surface area contributed by atoms with Gasteiger partial charge in [-0.2, -0.15) is 11.8 Å². The highest BCUT2D eigenvalue weighted by Crippen LogP contribution is 2.35. The molecule has 1 amide bonds. The number of nitrogens with one attached hydrogen (secondary N) is 1. The van der Waals surface area contributed by atoms with Crippen LogP contribution in [0.1, 0.15) is 58.3 Å². The molecule has 1 aromatic carbocycles. The van der Waals surface area contributed by atoms with Crippen molar-refractivity contribution >= 4 is 29.8 Å². The summed E-state index contributed by atoms with van der Waals surface area (Å²) in [5.41, 5.74) is 0. The minimum atomic E-state index is -0.815. The van der Waals surface area contributed by atoms with Crippen molar-refractivity contribution in [1.82, 2.24) is 5.32 Å². The van der Waals surface area contributed by atoms with Gasteiger partial charge in [0, 0.05) is 23.1 Å². The Balaban J connectivity index is 0.000000457. The van der Waals surface area contributed by atoms with Gasteiger partial charge in [-0.25, -0.2) is 0 Å². The lowest BCUT2D eigenvalue weighted by Crippen LogP contribution is -2.14. The molecule has 0 saturated heterocycles. The summed E-state index contributed by atoms with van der Waals surface area (Å²) >= 11 is 7.44. The van der Waals surface area contributed by atoms with Crippen molar-refractivity contribution in [3.05, 3.63) is 63.7 Å². The molecule has 2 rings (SSSR count). The van der Waals surface area contributed by atoms with E-state index >= 15 is 0 Å². The van der Waals surface area contributed by atoms with E-state index in [-0.39, 0.29) is 6.61 Å². The van der Waals surface area contributed by atoms with E-state index in [0.717, 1.165) is 34.8 Å². The van der Waals surface area contributed by atoms with Gasteiger partial charge in [0.2, 0.25) is 6.41 Å². The molecule has 202 valence electrons. The van der Waals surface area contributed by atoms with E-state index in [4.69, 9.17) is 16.3 Å². The standard InChI is InChI=1S/C22H31ClO.C5H10N2O4S/c1-2-3-4-5-6-11-19-13-9-14-20(19)12-7-8-17-24-22-16-10-15-21(23)18-22;8-5-6-1-3-12-4-2-11-7(9)10/h5-7,10,12,15-16,18-20H,2-4,8-9,11,13-14,17H2,1H3;5H,1-4H2,(H,6,8)/b6-5-,12-7+;. The molecule has 0 aromatic heterocycles. The lowest BCUT2D eigenvalue weighted by Gasteiger charge is -2.14. The van der Waals surface area contributed by atoms with Crippen molar-refractivity contribution < 1.29 is 19.5 Å². The maximum atomic E-state index is 9.75. The van der Waals surface area contributed by atoms with Crippen LogP contribution in [-0.4, -0.2) is 42.8 Å². The summed E-state index contributed by atoms with van der Waals surface area (Å²) in [6.45, 7) is 3.64. The summed E-state index contributed by atoms with van der Waals surface area (Å²) < 4.78 is 5.73. The van der Waals surface area contributed by atoms with Crippen LogP contribution in [0.15, 0.2) is 48.6 Å². The number of halogens is 1. The van der Waals surface area contributed by atoms with Crippen LogP contribution in [0.5, 0.6) is 5.75 Å². The van der Waals surface area contributed by atoms with E-state index in [1.54, 1.807) is 0 Å². The summed E-state index contributed by atoms with van der Waals surface area (Å²) in [4.78, 5) is 23.5. The average Bonchev–Trinajstić information content (AvgIpc) is 3.30. The molecule has 9 heteroatoms. The number of hydrogen-bond acceptors (Lipinski definition) is 6. The largest absolute Gasteiger partial charge is 0.493 e. The van der Waals surface area contributed by atoms with Gasteiger partial charge >= 0.3 is 0 Å². The van der Waals surface area contributed by atoms with Gasteiger partial charge in [0.15, 0.2) is 0 Å². The van der Waals surface area contributed by atoms with Gasteiger partial charge < -0.3 is 14.9 Å². The Hall–Kier alpha value is -2.19. The summed E-state index contributed by atoms with van der Waals surface area (Å²) in [6, 6.07) is 7.60. The van der Waals surface area contributed by atoms with E-state index in [1.165, 1.54) is 56.7 Å². The highest BCUT2D eigenvalue weighted by atomic mass is 35.5. The van der Waals surface area contributed by atoms with E-state index < -0.39 is 5.09 Å². The van der Waals surface area contributed by atoms with Crippen molar-refractivity contribution in [2.75, 3.05) is 31.3 Å². The fraction of sp³-hybridized carbons (Fsp3) is 0.593. The fourth-order valence-electron chi connectivity index (χ4n) is 3.86. The fourth-order valence-corrected chi connectivity index (χ4v) is 4.70. The number of ether oxygens (including phenoxy) is 1. The maximum absolute atomic E-state index is 9.75. The van der Waals surface area contributed by atoms with E-state index in [1.807, 2.05) is 24.3 Å². The molecule has 7 nitrogen and oxygen atoms in total. The van der Waals surface area contributed by atoms with Gasteiger partial charge in [-0.3, -0.25) is 4.79 Å². The molecule has 1 fully saturated rings. The molecule has 0 aliphatic heterocycles. The number of amides is 1. The number of carbonyl (C=O) groups excluding carboxylic acids is 1. The topological polar surface area (TPSA) is 90.7 Å². The van der Waals surface area contributed by atoms with Crippen LogP contribution < -0.4 is 10.1 Å². The molecule has 1 saturated carbocycles. The minimum absolute atomic E-state index is 0.0960. The zero-order chi connectivity index (χ0) is 26.3. The number of benzene rings is 1. The van der Waals surface area contributed by atoms with Crippen molar-refractivity contribution in [2.24, 2.45) is 11.8 Å². The molecule has 0 radical (unpaired) electrons. The van der Waals surface area contributed by atoms with Crippen LogP contribution in [0.25, 0.3) is 0 Å². The smallest absolute Gasteiger partial charge is 0.294 e. The number of hydrogen-bond donors (Lipinski definition) is 1. The van der Waals surface area contributed by atoms with Gasteiger partial charge in [-0.1, -0.05) is 68.2 Å². The highest BCUT2D eigenvalue weighted by molar-refractivity contribution is 7.99. The van der Waals surface area contributed by atoms with Crippen molar-refractivity contribution in [3.8, 4) is 5.75 Å². The first-order chi connectivity index (χ1) is 17.6. The maximum Gasteiger partial charge on any atom is 0.294 e. The van der Waals surface area contributed by atoms with Gasteiger partial charge in [0.1, 0.15) is 12.4 Å². The lowest BCUT2D eigenvalue weighted by atomic mass is 9.92. The quantitative estimate of drug-likeness (QED) is 0.0716. The molecule has 1 aromatic rings. The molecular formula is C27H41ClN2O5S. The third kappa shape index (κ3) is 17.3. The number of rotatable bonds is 18. The number of allylic oxidation sites excluding steroid dienone is 3. The molecule has 0 heterocycles. The first kappa shape index (κ1) is 31.8. The predicted molar refractivity (Wildman–Crippen MR) is 149 cm³/mol. The number of thioether (sulfide) groups is 1. The van der Waals surface area contributed by atoms with E-state index in [2.05, 4.69) is 41.4 Å². The molecule has 1 aliphatic carbocycles. The van der Waals surface area contributed by atoms with Crippen LogP contribution >= 0.6 is 23.4 Å². The van der Waals surface area contributed by atoms with Gasteiger partial charge in [-0.15, -0.1) is 10.1 Å². The first-order valence-electron chi connectivity index (χ1n) is 12.8. The third-order valence-corrected chi connectivity index (χ3v) is 6.86. The second kappa shape index (κ2) is 22.0. The van der Waals surface area contributed by atoms with Crippen LogP contribution in [-0.2, 0) is 9.63 Å². The molecule has 2 atom stereocenters. The molecule has 1 aliphatic rings. The number of unbranched alkanes of at least 4 members (excludes halogenated alkanes) is 2. The van der Waals surface area contributed by atoms with Gasteiger partial charge in [0.25, 0.3) is 5.09 Å². The molecular weight excluding hydrogens is 500 g/mol. The molecule has 0 spiro atoms. The average molecular weight is 541 g/mol. The van der Waals surface area contributed by atoms with Crippen molar-refractivity contribution in [1.29, 1.82) is 0 Å². The Morgan fingerprint density at radius 2 is 2.06 bits per heavy atom. The summed E-state index contributed by atoms with van der Waals surface area (Å²) in [5, 5.41) is 12.0. The summed E-state index contributed by atoms with van der Waals surface area (Å²) in [6.07, 6.45) is 20.3. The molecule has 2 unspecified atom stereocenters. The monoisotopic (exact) mass is 540 g/mol. The van der Waals surface area contributed by atoms with Crippen LogP contribution in [0.4, 0.5) is 0 Å². The van der Waals surface area contributed by atoms with Gasteiger partial charge in [-0.05, 0) is 62.1 Å². The summed E-state index contributed by atoms with van der Waals surface area (Å²) in [7, 11) is 0. The van der Waals surface area contributed by atoms with Crippen LogP contribution in [0.3, 0.4) is 0 Å². The highest BCUT2D eigenvalue weighted by Gasteiger charge is 2.23. The van der Waals surface area contributed by atoms with Crippen molar-refractivity contribution in [2.45, 2.75) is 58.3 Å². The number of carbonyl (C=O) groups is 1. The van der Waals surface area contributed by atoms with E-state index in [9.17, 15) is 14.9 Å². The second-order valence-corrected chi connectivity index (χ2v) is 10.1. The lowest BCUT2D eigenvalue weighted by molar-refractivity contribution is -0.756. The van der Waals surface area contributed by atoms with Gasteiger partial charge in [0.05, 0.1) is 6.61 Å². The zero-order valence-electron chi connectivity index (χ0n) is 21.3. The van der Waals surface area contributed by atoms with Crippen LogP contribution in [0, 0.1) is 22.0 Å². The molecule has 36 heavy (non-hydrogen) atoms. The normalized spacial score (nSPS) is 17.1. The van der Waals surface area contributed by atoms with Crippen molar-refractivity contribution in [3.63, 3.8) is 0 Å². The Bertz CT molecular complexity index is 778. The Morgan fingerprint density at radius 3 is 2.81 bits per heavy atom. The zero-order valence-corrected chi connectivity index (χ0v) is 22.9. The molecule has 1 N–H and O–H groups in total. The van der Waals surface area contributed by atoms with Crippen LogP contribution in [0.2, 0.25) is 5.02 Å². The second-order valence-electron chi connectivity index (χ2n) is 8.47. The SMILES string of the molecule is CCCC/C=C\CC1CCCC1/C=C/CCOc1cccc(Cl)c1.O=CNCCSCCO[N+](=O)[O-]. The molecule has 0 bridgehead atoms. The predicted octanol–water partition coefficient (Wildman–Crippen LogP) is 6.89. The van der Waals surface area contributed by atoms with E-state index in [0.29, 0.717) is 25.3 Å².